The van der Waals surface area contributed by atoms with Crippen molar-refractivity contribution in [2.45, 2.75) is 38.3 Å². The number of hydrogen-bond acceptors (Lipinski definition) is 4. The lowest BCUT2D eigenvalue weighted by Gasteiger charge is -2.19. The molecule has 162 valence electrons. The number of rotatable bonds is 8. The van der Waals surface area contributed by atoms with Crippen molar-refractivity contribution >= 4 is 5.96 Å². The summed E-state index contributed by atoms with van der Waals surface area (Å²) in [6, 6.07) is 18.7. The Morgan fingerprint density at radius 2 is 1.81 bits per heavy atom. The van der Waals surface area contributed by atoms with E-state index in [0.717, 1.165) is 35.5 Å². The highest BCUT2D eigenvalue weighted by atomic mass is 16.5. The quantitative estimate of drug-likeness (QED) is 0.434. The van der Waals surface area contributed by atoms with Gasteiger partial charge in [0.15, 0.2) is 11.8 Å². The summed E-state index contributed by atoms with van der Waals surface area (Å²) in [5.41, 5.74) is 2.71. The molecule has 0 spiro atoms. The fourth-order valence-corrected chi connectivity index (χ4v) is 3.61. The van der Waals surface area contributed by atoms with E-state index in [9.17, 15) is 0 Å². The number of ether oxygens (including phenoxy) is 1. The summed E-state index contributed by atoms with van der Waals surface area (Å²) in [6.45, 7) is 3.94. The van der Waals surface area contributed by atoms with Crippen LogP contribution in [0.25, 0.3) is 0 Å². The van der Waals surface area contributed by atoms with E-state index in [2.05, 4.69) is 51.2 Å². The van der Waals surface area contributed by atoms with Crippen LogP contribution >= 0.6 is 0 Å². The number of benzene rings is 2. The second kappa shape index (κ2) is 9.20. The molecule has 0 unspecified atom stereocenters. The maximum absolute atomic E-state index is 5.24. The molecule has 1 aliphatic carbocycles. The molecule has 2 aromatic carbocycles. The van der Waals surface area contributed by atoms with Gasteiger partial charge in [0.25, 0.3) is 0 Å². The van der Waals surface area contributed by atoms with E-state index >= 15 is 0 Å². The smallest absolute Gasteiger partial charge is 0.192 e. The van der Waals surface area contributed by atoms with Crippen molar-refractivity contribution in [2.24, 2.45) is 12.0 Å². The third-order valence-electron chi connectivity index (χ3n) is 6.01. The van der Waals surface area contributed by atoms with Crippen LogP contribution in [0.3, 0.4) is 0 Å². The molecule has 7 heteroatoms. The molecule has 1 fully saturated rings. The van der Waals surface area contributed by atoms with Crippen molar-refractivity contribution in [1.82, 2.24) is 25.4 Å². The van der Waals surface area contributed by atoms with Gasteiger partial charge in [0.05, 0.1) is 20.2 Å². The molecule has 4 rings (SSSR count). The molecule has 2 N–H and O–H groups in total. The van der Waals surface area contributed by atoms with Gasteiger partial charge in [-0.3, -0.25) is 0 Å². The Kier molecular flexibility index (Phi) is 6.21. The van der Waals surface area contributed by atoms with Gasteiger partial charge >= 0.3 is 0 Å². The molecule has 3 aromatic rings. The Morgan fingerprint density at radius 1 is 1.06 bits per heavy atom. The minimum absolute atomic E-state index is 0.200. The third-order valence-corrected chi connectivity index (χ3v) is 6.01. The summed E-state index contributed by atoms with van der Waals surface area (Å²) >= 11 is 0. The summed E-state index contributed by atoms with van der Waals surface area (Å²) in [5.74, 6) is 3.39. The minimum atomic E-state index is 0.200. The van der Waals surface area contributed by atoms with E-state index in [-0.39, 0.29) is 5.41 Å². The van der Waals surface area contributed by atoms with Crippen LogP contribution in [-0.4, -0.2) is 34.4 Å². The van der Waals surface area contributed by atoms with Crippen LogP contribution in [0.4, 0.5) is 0 Å². The zero-order valence-corrected chi connectivity index (χ0v) is 18.4. The predicted octanol–water partition coefficient (Wildman–Crippen LogP) is 3.10. The van der Waals surface area contributed by atoms with E-state index in [1.807, 2.05) is 42.8 Å². The molecular weight excluding hydrogens is 388 g/mol. The molecule has 1 heterocycles. The Bertz CT molecular complexity index is 1020. The summed E-state index contributed by atoms with van der Waals surface area (Å²) in [7, 11) is 3.65. The van der Waals surface area contributed by atoms with Gasteiger partial charge in [-0.2, -0.15) is 0 Å². The number of nitrogens with zero attached hydrogens (tertiary/aromatic N) is 4. The first-order valence-electron chi connectivity index (χ1n) is 10.7. The average Bonchev–Trinajstić information content (AvgIpc) is 3.55. The fraction of sp³-hybridized carbons (Fsp3) is 0.375. The molecule has 1 aliphatic rings. The van der Waals surface area contributed by atoms with E-state index in [1.54, 1.807) is 7.11 Å². The minimum Gasteiger partial charge on any atom is -0.497 e. The highest BCUT2D eigenvalue weighted by molar-refractivity contribution is 5.80. The average molecular weight is 419 g/mol. The van der Waals surface area contributed by atoms with Gasteiger partial charge in [-0.05, 0) is 43.0 Å². The molecule has 7 nitrogen and oxygen atoms in total. The van der Waals surface area contributed by atoms with Gasteiger partial charge in [0, 0.05) is 19.0 Å². The van der Waals surface area contributed by atoms with E-state index in [1.165, 1.54) is 18.4 Å². The van der Waals surface area contributed by atoms with Crippen LogP contribution in [0.15, 0.2) is 59.6 Å². The number of aryl methyl sites for hydroxylation is 1. The molecular formula is C24H30N6O. The maximum Gasteiger partial charge on any atom is 0.192 e. The first-order valence-corrected chi connectivity index (χ1v) is 10.7. The molecule has 0 atom stereocenters. The molecule has 1 aromatic heterocycles. The number of methoxy groups -OCH3 is 1. The van der Waals surface area contributed by atoms with Crippen LogP contribution in [0, 0.1) is 6.92 Å². The van der Waals surface area contributed by atoms with Crippen molar-refractivity contribution in [3.05, 3.63) is 77.4 Å². The summed E-state index contributed by atoms with van der Waals surface area (Å²) in [6.07, 6.45) is 2.39. The highest BCUT2D eigenvalue weighted by Gasteiger charge is 2.44. The van der Waals surface area contributed by atoms with Crippen molar-refractivity contribution in [3.8, 4) is 5.75 Å². The molecule has 31 heavy (non-hydrogen) atoms. The zero-order chi connectivity index (χ0) is 21.7. The number of aliphatic imine (C=N–C) groups is 1. The lowest BCUT2D eigenvalue weighted by atomic mass is 9.96. The Labute approximate surface area is 183 Å². The Morgan fingerprint density at radius 3 is 2.42 bits per heavy atom. The fourth-order valence-electron chi connectivity index (χ4n) is 3.61. The van der Waals surface area contributed by atoms with Crippen LogP contribution in [-0.2, 0) is 25.6 Å². The molecule has 0 radical (unpaired) electrons. The SMILES string of the molecule is COc1ccc(CN=C(NCc2nnc(C)n2C)NCC2(c3ccccc3)CC2)cc1. The number of nitrogens with one attached hydrogen (secondary N) is 2. The molecule has 1 saturated carbocycles. The van der Waals surface area contributed by atoms with E-state index in [4.69, 9.17) is 9.73 Å². The van der Waals surface area contributed by atoms with Crippen LogP contribution in [0.1, 0.15) is 35.6 Å². The Hall–Kier alpha value is -3.35. The normalized spacial score (nSPS) is 14.9. The maximum atomic E-state index is 5.24. The number of hydrogen-bond donors (Lipinski definition) is 2. The van der Waals surface area contributed by atoms with Gasteiger partial charge in [0.2, 0.25) is 0 Å². The largest absolute Gasteiger partial charge is 0.497 e. The van der Waals surface area contributed by atoms with Gasteiger partial charge in [-0.25, -0.2) is 4.99 Å². The van der Waals surface area contributed by atoms with Crippen LogP contribution in [0.2, 0.25) is 0 Å². The van der Waals surface area contributed by atoms with Crippen molar-refractivity contribution in [2.75, 3.05) is 13.7 Å². The monoisotopic (exact) mass is 418 g/mol. The van der Waals surface area contributed by atoms with Gasteiger partial charge in [-0.1, -0.05) is 42.5 Å². The van der Waals surface area contributed by atoms with E-state index < -0.39 is 0 Å². The summed E-state index contributed by atoms with van der Waals surface area (Å²) in [5, 5.41) is 15.4. The molecule has 0 aliphatic heterocycles. The van der Waals surface area contributed by atoms with Crippen LogP contribution in [0.5, 0.6) is 5.75 Å². The molecule has 0 saturated heterocycles. The Balaban J connectivity index is 1.45. The summed E-state index contributed by atoms with van der Waals surface area (Å²) < 4.78 is 7.23. The lowest BCUT2D eigenvalue weighted by Crippen LogP contribution is -2.41. The lowest BCUT2D eigenvalue weighted by molar-refractivity contribution is 0.414. The van der Waals surface area contributed by atoms with Gasteiger partial charge < -0.3 is 19.9 Å². The van der Waals surface area contributed by atoms with Gasteiger partial charge in [-0.15, -0.1) is 10.2 Å². The van der Waals surface area contributed by atoms with Gasteiger partial charge in [0.1, 0.15) is 11.6 Å². The van der Waals surface area contributed by atoms with Crippen molar-refractivity contribution in [1.29, 1.82) is 0 Å². The zero-order valence-electron chi connectivity index (χ0n) is 18.4. The highest BCUT2D eigenvalue weighted by Crippen LogP contribution is 2.47. The first kappa shape index (κ1) is 20.9. The van der Waals surface area contributed by atoms with Crippen molar-refractivity contribution in [3.63, 3.8) is 0 Å². The topological polar surface area (TPSA) is 76.4 Å². The van der Waals surface area contributed by atoms with E-state index in [0.29, 0.717) is 13.1 Å². The second-order valence-electron chi connectivity index (χ2n) is 8.09. The molecule has 0 amide bonds. The van der Waals surface area contributed by atoms with Crippen LogP contribution < -0.4 is 15.4 Å². The standard InChI is InChI=1S/C24H30N6O/c1-18-28-29-22(30(18)2)16-26-23(25-15-19-9-11-21(31-3)12-10-19)27-17-24(13-14-24)20-7-5-4-6-8-20/h4-12H,13-17H2,1-3H3,(H2,25,26,27). The third kappa shape index (κ3) is 5.05. The first-order chi connectivity index (χ1) is 15.1. The van der Waals surface area contributed by atoms with Crippen molar-refractivity contribution < 1.29 is 4.74 Å². The number of guanidine groups is 1. The summed E-state index contributed by atoms with van der Waals surface area (Å²) in [4.78, 5) is 4.82. The second-order valence-corrected chi connectivity index (χ2v) is 8.09. The number of aromatic nitrogens is 3. The molecule has 0 bridgehead atoms. The predicted molar refractivity (Wildman–Crippen MR) is 122 cm³/mol.